The number of fused-ring (bicyclic) bond motifs is 2. The third-order valence-electron chi connectivity index (χ3n) is 11.4. The summed E-state index contributed by atoms with van der Waals surface area (Å²) in [6, 6.07) is 12.2. The molecule has 2 aromatic heterocycles. The molecule has 1 aromatic carbocycles. The van der Waals surface area contributed by atoms with Gasteiger partial charge in [-0.25, -0.2) is 14.1 Å². The van der Waals surface area contributed by atoms with Crippen molar-refractivity contribution >= 4 is 19.2 Å². The first-order chi connectivity index (χ1) is 29.4. The second-order valence-corrected chi connectivity index (χ2v) is 17.9. The molecule has 1 saturated heterocycles. The third-order valence-corrected chi connectivity index (χ3v) is 12.4. The van der Waals surface area contributed by atoms with Crippen molar-refractivity contribution in [2.24, 2.45) is 0 Å². The average Bonchev–Trinajstić information content (AvgIpc) is 3.46. The minimum atomic E-state index is -4.99. The Morgan fingerprint density at radius 3 is 2.18 bits per heavy atom. The van der Waals surface area contributed by atoms with Gasteiger partial charge < -0.3 is 39.8 Å². The van der Waals surface area contributed by atoms with Gasteiger partial charge in [0.2, 0.25) is 5.60 Å². The normalized spacial score (nSPS) is 23.4. The number of nitrogens with two attached hydrogens (primary N) is 1. The van der Waals surface area contributed by atoms with E-state index in [1.54, 1.807) is 30.3 Å². The quantitative estimate of drug-likeness (QED) is 0.0370. The summed E-state index contributed by atoms with van der Waals surface area (Å²) in [4.78, 5) is 14.8. The van der Waals surface area contributed by atoms with Crippen LogP contribution in [0.4, 0.5) is 5.82 Å². The molecule has 17 heteroatoms. The van der Waals surface area contributed by atoms with Gasteiger partial charge in [0.05, 0.1) is 37.2 Å². The zero-order chi connectivity index (χ0) is 43.9. The maximum Gasteiger partial charge on any atom is 0.472 e. The molecule has 2 unspecified atom stereocenters. The number of nitriles is 2. The fourth-order valence-corrected chi connectivity index (χ4v) is 8.95. The van der Waals surface area contributed by atoms with E-state index < -0.39 is 50.0 Å². The molecule has 16 nitrogen and oxygen atoms in total. The molecular formula is C44H65N6O10P. The number of rotatable bonds is 30. The average molecular weight is 869 g/mol. The van der Waals surface area contributed by atoms with Gasteiger partial charge in [-0.1, -0.05) is 109 Å². The summed E-state index contributed by atoms with van der Waals surface area (Å²) in [7, 11) is -4.99. The van der Waals surface area contributed by atoms with Gasteiger partial charge in [0.15, 0.2) is 17.5 Å². The molecule has 2 aliphatic rings. The lowest BCUT2D eigenvalue weighted by Crippen LogP contribution is -2.35. The lowest BCUT2D eigenvalue weighted by molar-refractivity contribution is -0.0795. The Morgan fingerprint density at radius 2 is 1.59 bits per heavy atom. The number of phosphoric ester groups is 1. The Hall–Kier alpha value is -3.67. The molecule has 3 aromatic rings. The lowest BCUT2D eigenvalue weighted by atomic mass is 10.0. The summed E-state index contributed by atoms with van der Waals surface area (Å²) >= 11 is 0. The molecule has 5 rings (SSSR count). The Kier molecular flexibility index (Phi) is 18.3. The number of aliphatic hydroxyl groups is 2. The number of anilines is 1. The highest BCUT2D eigenvalue weighted by Gasteiger charge is 2.90. The van der Waals surface area contributed by atoms with E-state index in [1.165, 1.54) is 94.3 Å². The number of hydrogen-bond donors (Lipinski definition) is 4. The molecule has 1 saturated carbocycles. The minimum absolute atomic E-state index is 0.0305. The van der Waals surface area contributed by atoms with Gasteiger partial charge in [-0.15, -0.1) is 0 Å². The number of nitrogens with zero attached hydrogens (tertiary/aromatic N) is 5. The van der Waals surface area contributed by atoms with Crippen LogP contribution in [0.5, 0.6) is 5.75 Å². The highest BCUT2D eigenvalue weighted by molar-refractivity contribution is 7.47. The number of nitrogen functional groups attached to an aromatic ring is 1. The fourth-order valence-electron chi connectivity index (χ4n) is 7.95. The second-order valence-electron chi connectivity index (χ2n) is 16.5. The first-order valence-electron chi connectivity index (χ1n) is 22.0. The van der Waals surface area contributed by atoms with Crippen molar-refractivity contribution in [3.05, 3.63) is 53.5 Å². The van der Waals surface area contributed by atoms with E-state index in [0.717, 1.165) is 19.3 Å². The van der Waals surface area contributed by atoms with Crippen LogP contribution in [-0.4, -0.2) is 85.1 Å². The van der Waals surface area contributed by atoms with Crippen LogP contribution in [0, 0.1) is 22.7 Å². The zero-order valence-electron chi connectivity index (χ0n) is 36.0. The van der Waals surface area contributed by atoms with Crippen molar-refractivity contribution in [3.8, 4) is 17.9 Å². The topological polar surface area (TPSA) is 237 Å². The second kappa shape index (κ2) is 23.1. The monoisotopic (exact) mass is 868 g/mol. The van der Waals surface area contributed by atoms with E-state index in [1.807, 2.05) is 19.9 Å². The Bertz CT molecular complexity index is 1970. The molecule has 0 radical (unpaired) electrons. The van der Waals surface area contributed by atoms with E-state index >= 15 is 0 Å². The van der Waals surface area contributed by atoms with Gasteiger partial charge >= 0.3 is 7.82 Å². The van der Waals surface area contributed by atoms with Gasteiger partial charge in [-0.05, 0) is 50.1 Å². The Labute approximate surface area is 359 Å². The van der Waals surface area contributed by atoms with Crippen LogP contribution < -0.4 is 10.5 Å². The maximum absolute atomic E-state index is 13.3. The Morgan fingerprint density at radius 1 is 0.951 bits per heavy atom. The number of phosphoric acid groups is 1. The maximum atomic E-state index is 13.3. The summed E-state index contributed by atoms with van der Waals surface area (Å²) < 4.78 is 49.1. The summed E-state index contributed by atoms with van der Waals surface area (Å²) in [5, 5.41) is 46.5. The molecule has 0 spiro atoms. The van der Waals surface area contributed by atoms with Crippen LogP contribution in [0.2, 0.25) is 0 Å². The predicted octanol–water partition coefficient (Wildman–Crippen LogP) is 7.78. The molecule has 0 bridgehead atoms. The predicted molar refractivity (Wildman–Crippen MR) is 227 cm³/mol. The summed E-state index contributed by atoms with van der Waals surface area (Å²) in [5.74, 6) is 0.579. The van der Waals surface area contributed by atoms with Crippen LogP contribution >= 0.6 is 7.82 Å². The van der Waals surface area contributed by atoms with Crippen LogP contribution in [0.1, 0.15) is 146 Å². The molecule has 7 atom stereocenters. The van der Waals surface area contributed by atoms with Crippen molar-refractivity contribution in [3.63, 3.8) is 0 Å². The molecule has 2 fully saturated rings. The number of benzene rings is 1. The molecule has 5 N–H and O–H groups in total. The largest absolute Gasteiger partial charge is 0.490 e. The zero-order valence-corrected chi connectivity index (χ0v) is 36.8. The van der Waals surface area contributed by atoms with Gasteiger partial charge in [0, 0.05) is 6.61 Å². The molecule has 3 heterocycles. The molecule has 61 heavy (non-hydrogen) atoms. The molecule has 336 valence electrons. The van der Waals surface area contributed by atoms with Gasteiger partial charge in [0.1, 0.15) is 48.0 Å². The van der Waals surface area contributed by atoms with Crippen molar-refractivity contribution in [1.29, 1.82) is 10.5 Å². The highest BCUT2D eigenvalue weighted by Crippen LogP contribution is 2.68. The number of aromatic nitrogens is 3. The van der Waals surface area contributed by atoms with Crippen LogP contribution in [-0.2, 0) is 34.4 Å². The van der Waals surface area contributed by atoms with E-state index in [2.05, 4.69) is 23.1 Å². The van der Waals surface area contributed by atoms with Crippen molar-refractivity contribution in [2.45, 2.75) is 172 Å². The van der Waals surface area contributed by atoms with Gasteiger partial charge in [-0.2, -0.15) is 15.6 Å². The smallest absolute Gasteiger partial charge is 0.472 e. The summed E-state index contributed by atoms with van der Waals surface area (Å²) in [6.07, 6.45) is 15.7. The first kappa shape index (κ1) is 48.4. The van der Waals surface area contributed by atoms with Crippen molar-refractivity contribution in [2.75, 3.05) is 25.6 Å². The number of ether oxygens (including phenoxy) is 4. The number of unbranched alkanes of at least 4 members (excludes halogenated alkanes) is 15. The van der Waals surface area contributed by atoms with E-state index in [4.69, 9.17) is 33.7 Å². The molecule has 1 aliphatic heterocycles. The summed E-state index contributed by atoms with van der Waals surface area (Å²) in [5.41, 5.74) is 3.14. The first-order valence-corrected chi connectivity index (χ1v) is 23.5. The fraction of sp³-hybridized carbons (Fsp3) is 0.682. The minimum Gasteiger partial charge on any atom is -0.490 e. The van der Waals surface area contributed by atoms with Gasteiger partial charge in [-0.3, -0.25) is 9.05 Å². The molecular weight excluding hydrogens is 803 g/mol. The van der Waals surface area contributed by atoms with Crippen LogP contribution in [0.25, 0.3) is 5.52 Å². The van der Waals surface area contributed by atoms with Crippen molar-refractivity contribution < 1.29 is 47.7 Å². The number of hydrogen-bond acceptors (Lipinski definition) is 14. The number of aliphatic hydroxyl groups excluding tert-OH is 1. The molecule has 0 amide bonds. The van der Waals surface area contributed by atoms with Crippen LogP contribution in [0.3, 0.4) is 0 Å². The SMILES string of the molecule is CCCCCCCCCCCCCCCCCCOC[C@H](COP(=O)(O)OC1[C@@]2(C#N)O[C@@H](c3ccc4c(N)ncnn34)[C@H](O)[C@@]12O)OCc1ccc(C#N)c(OC(C)C)c1. The van der Waals surface area contributed by atoms with Crippen molar-refractivity contribution in [1.82, 2.24) is 14.6 Å². The van der Waals surface area contributed by atoms with E-state index in [0.29, 0.717) is 29.0 Å². The van der Waals surface area contributed by atoms with E-state index in [-0.39, 0.29) is 30.8 Å². The third kappa shape index (κ3) is 12.5. The van der Waals surface area contributed by atoms with Gasteiger partial charge in [0.25, 0.3) is 0 Å². The lowest BCUT2D eigenvalue weighted by Gasteiger charge is -2.24. The highest BCUT2D eigenvalue weighted by atomic mass is 31.2. The summed E-state index contributed by atoms with van der Waals surface area (Å²) in [6.45, 7) is 6.05. The standard InChI is InChI=1S/C44H65N6O10P/c1-4-5-6-7-8-9-10-11-12-13-14-15-16-17-18-19-24-55-28-35(56-27-33-20-21-34(26-45)38(25-33)58-32(2)3)29-57-61(53,54)60-42-43(30-46)44(42,52)40(51)39(59-43)36-22-23-37-41(47)48-31-49-50(36)37/h20-23,25,31-32,35,39-40,42,51-52H,4-19,24,27-29H2,1-3H3,(H,53,54)(H2,47,48,49)/t35-,39+,40+,42?,43-,44-/m1/s1. The van der Waals surface area contributed by atoms with Crippen LogP contribution in [0.15, 0.2) is 36.7 Å². The molecule has 1 aliphatic carbocycles. The Balaban J connectivity index is 1.08. The van der Waals surface area contributed by atoms with E-state index in [9.17, 15) is 30.2 Å².